The fourth-order valence-corrected chi connectivity index (χ4v) is 4.74. The molecule has 4 aromatic rings. The van der Waals surface area contributed by atoms with Gasteiger partial charge in [0.05, 0.1) is 5.69 Å². The van der Waals surface area contributed by atoms with Crippen LogP contribution >= 0.6 is 11.8 Å². The molecule has 0 aliphatic heterocycles. The number of hydrogen-bond acceptors (Lipinski definition) is 7. The summed E-state index contributed by atoms with van der Waals surface area (Å²) in [4.78, 5) is 44.2. The zero-order chi connectivity index (χ0) is 23.4. The molecule has 0 aliphatic rings. The fourth-order valence-electron chi connectivity index (χ4n) is 3.82. The van der Waals surface area contributed by atoms with Crippen LogP contribution in [0.4, 0.5) is 0 Å². The third-order valence-corrected chi connectivity index (χ3v) is 6.55. The van der Waals surface area contributed by atoms with Crippen LogP contribution in [0.3, 0.4) is 0 Å². The van der Waals surface area contributed by atoms with Gasteiger partial charge in [-0.1, -0.05) is 44.9 Å². The predicted molar refractivity (Wildman–Crippen MR) is 130 cm³/mol. The first-order valence-electron chi connectivity index (χ1n) is 11.4. The van der Waals surface area contributed by atoms with Crippen LogP contribution in [-0.4, -0.2) is 33.5 Å². The van der Waals surface area contributed by atoms with Crippen LogP contribution in [0.15, 0.2) is 39.3 Å². The van der Waals surface area contributed by atoms with E-state index in [0.717, 1.165) is 48.8 Å². The Bertz CT molecular complexity index is 1360. The lowest BCUT2D eigenvalue weighted by molar-refractivity contribution is 0.602. The lowest BCUT2D eigenvalue weighted by atomic mass is 10.1. The van der Waals surface area contributed by atoms with Crippen molar-refractivity contribution in [2.75, 3.05) is 0 Å². The Kier molecular flexibility index (Phi) is 7.22. The summed E-state index contributed by atoms with van der Waals surface area (Å²) in [5.41, 5.74) is 0.574. The number of rotatable bonds is 10. The van der Waals surface area contributed by atoms with Crippen molar-refractivity contribution in [1.29, 1.82) is 0 Å². The maximum absolute atomic E-state index is 13.1. The Morgan fingerprint density at radius 3 is 2.64 bits per heavy atom. The molecule has 0 saturated heterocycles. The van der Waals surface area contributed by atoms with Crippen molar-refractivity contribution in [1.82, 2.24) is 33.5 Å². The Labute approximate surface area is 195 Å². The second kappa shape index (κ2) is 10.3. The number of imidazole rings is 1. The van der Waals surface area contributed by atoms with Crippen molar-refractivity contribution >= 4 is 28.6 Å². The van der Waals surface area contributed by atoms with Crippen LogP contribution in [0.2, 0.25) is 0 Å². The Morgan fingerprint density at radius 2 is 1.88 bits per heavy atom. The number of nitrogens with zero attached hydrogens (tertiary/aromatic N) is 7. The van der Waals surface area contributed by atoms with E-state index in [2.05, 4.69) is 16.9 Å². The van der Waals surface area contributed by atoms with Gasteiger partial charge in [0, 0.05) is 44.4 Å². The average molecular weight is 468 g/mol. The van der Waals surface area contributed by atoms with E-state index in [1.165, 1.54) is 18.8 Å². The van der Waals surface area contributed by atoms with Crippen LogP contribution in [0.5, 0.6) is 0 Å². The summed E-state index contributed by atoms with van der Waals surface area (Å²) < 4.78 is 4.62. The Balaban J connectivity index is 1.77. The number of fused-ring (bicyclic) bond motifs is 2. The minimum atomic E-state index is -0.362. The van der Waals surface area contributed by atoms with Gasteiger partial charge in [-0.3, -0.25) is 18.3 Å². The second-order valence-corrected chi connectivity index (χ2v) is 9.06. The fraction of sp³-hybridized carbons (Fsp3) is 0.478. The molecule has 4 aromatic heterocycles. The van der Waals surface area contributed by atoms with E-state index in [1.807, 2.05) is 29.8 Å². The molecule has 4 heterocycles. The van der Waals surface area contributed by atoms with Crippen LogP contribution in [0, 0.1) is 0 Å². The lowest BCUT2D eigenvalue weighted by Crippen LogP contribution is -2.39. The molecular weight excluding hydrogens is 438 g/mol. The summed E-state index contributed by atoms with van der Waals surface area (Å²) in [7, 11) is 1.51. The molecule has 4 rings (SSSR count). The molecule has 0 N–H and O–H groups in total. The number of hydrogen-bond donors (Lipinski definition) is 0. The zero-order valence-corrected chi connectivity index (χ0v) is 20.1. The van der Waals surface area contributed by atoms with Gasteiger partial charge in [-0.2, -0.15) is 0 Å². The van der Waals surface area contributed by atoms with E-state index in [4.69, 9.17) is 9.97 Å². The average Bonchev–Trinajstić information content (AvgIpc) is 3.24. The first-order chi connectivity index (χ1) is 16.0. The lowest BCUT2D eigenvalue weighted by Gasteiger charge is -2.14. The maximum atomic E-state index is 13.1. The van der Waals surface area contributed by atoms with Gasteiger partial charge >= 0.3 is 5.69 Å². The van der Waals surface area contributed by atoms with Crippen LogP contribution in [-0.2, 0) is 25.8 Å². The van der Waals surface area contributed by atoms with E-state index >= 15 is 0 Å². The minimum Gasteiger partial charge on any atom is -0.291 e. The molecular formula is C23H29N7O2S. The van der Waals surface area contributed by atoms with Gasteiger partial charge in [-0.25, -0.2) is 24.7 Å². The summed E-state index contributed by atoms with van der Waals surface area (Å²) in [5.74, 6) is 1.83. The van der Waals surface area contributed by atoms with Gasteiger partial charge in [0.15, 0.2) is 5.65 Å². The molecule has 0 aromatic carbocycles. The summed E-state index contributed by atoms with van der Waals surface area (Å²) in [5, 5.41) is 0.996. The van der Waals surface area contributed by atoms with E-state index in [1.54, 1.807) is 10.8 Å². The van der Waals surface area contributed by atoms with Crippen molar-refractivity contribution in [3.8, 4) is 0 Å². The molecule has 0 radical (unpaired) electrons. The van der Waals surface area contributed by atoms with Gasteiger partial charge in [0.2, 0.25) is 5.78 Å². The van der Waals surface area contributed by atoms with Gasteiger partial charge in [0.25, 0.3) is 5.56 Å². The van der Waals surface area contributed by atoms with Crippen LogP contribution < -0.4 is 11.2 Å². The summed E-state index contributed by atoms with van der Waals surface area (Å²) >= 11 is 1.45. The summed E-state index contributed by atoms with van der Waals surface area (Å²) in [6.07, 6.45) is 11.4. The maximum Gasteiger partial charge on any atom is 0.332 e. The zero-order valence-electron chi connectivity index (χ0n) is 19.3. The van der Waals surface area contributed by atoms with Crippen molar-refractivity contribution in [2.45, 2.75) is 69.7 Å². The van der Waals surface area contributed by atoms with Crippen molar-refractivity contribution < 1.29 is 0 Å². The highest BCUT2D eigenvalue weighted by atomic mass is 32.2. The Hall–Kier alpha value is -3.01. The van der Waals surface area contributed by atoms with E-state index in [9.17, 15) is 9.59 Å². The van der Waals surface area contributed by atoms with Gasteiger partial charge in [-0.15, -0.1) is 0 Å². The first kappa shape index (κ1) is 23.2. The number of unbranched alkanes of at least 4 members (excludes halogenated alkanes) is 3. The molecule has 0 amide bonds. The normalized spacial score (nSPS) is 11.6. The molecule has 0 bridgehead atoms. The van der Waals surface area contributed by atoms with Crippen LogP contribution in [0.25, 0.3) is 16.8 Å². The van der Waals surface area contributed by atoms with E-state index in [-0.39, 0.29) is 11.2 Å². The highest BCUT2D eigenvalue weighted by Crippen LogP contribution is 2.26. The molecule has 0 unspecified atom stereocenters. The van der Waals surface area contributed by atoms with Crippen LogP contribution in [0.1, 0.15) is 57.5 Å². The molecule has 0 atom stereocenters. The third-order valence-electron chi connectivity index (χ3n) is 5.54. The van der Waals surface area contributed by atoms with Crippen molar-refractivity contribution in [3.63, 3.8) is 0 Å². The summed E-state index contributed by atoms with van der Waals surface area (Å²) in [6.45, 7) is 4.68. The van der Waals surface area contributed by atoms with E-state index < -0.39 is 0 Å². The first-order valence-corrected chi connectivity index (χ1v) is 12.4. The van der Waals surface area contributed by atoms with Crippen molar-refractivity contribution in [2.24, 2.45) is 7.05 Å². The number of aromatic nitrogens is 7. The Morgan fingerprint density at radius 1 is 1.03 bits per heavy atom. The number of thioether (sulfide) groups is 1. The standard InChI is InChI=1S/C23H29N7O2S/c1-4-6-7-8-10-17-26-19-18(21(31)28(3)23(32)30(19)12-5-2)20(27-17)33-15-16-14-29-13-9-11-24-22(29)25-16/h9,11,13-14H,4-8,10,12,15H2,1-3H3. The third kappa shape index (κ3) is 4.85. The smallest absolute Gasteiger partial charge is 0.291 e. The van der Waals surface area contributed by atoms with Gasteiger partial charge in [0.1, 0.15) is 16.2 Å². The van der Waals surface area contributed by atoms with Gasteiger partial charge < -0.3 is 0 Å². The molecule has 0 fully saturated rings. The molecule has 0 spiro atoms. The topological polar surface area (TPSA) is 100.0 Å². The second-order valence-electron chi connectivity index (χ2n) is 8.10. The SMILES string of the molecule is CCCCCCc1nc(SCc2cn3cccnc3n2)c2c(=O)n(C)c(=O)n(CCC)c2n1. The molecule has 33 heavy (non-hydrogen) atoms. The molecule has 174 valence electrons. The monoisotopic (exact) mass is 467 g/mol. The highest BCUT2D eigenvalue weighted by molar-refractivity contribution is 7.98. The largest absolute Gasteiger partial charge is 0.332 e. The molecule has 9 nitrogen and oxygen atoms in total. The molecule has 0 aliphatic carbocycles. The van der Waals surface area contributed by atoms with E-state index in [0.29, 0.717) is 40.0 Å². The number of aryl methyl sites for hydroxylation is 2. The van der Waals surface area contributed by atoms with Gasteiger partial charge in [-0.05, 0) is 18.9 Å². The van der Waals surface area contributed by atoms with Crippen molar-refractivity contribution in [3.05, 3.63) is 57.0 Å². The summed E-state index contributed by atoms with van der Waals surface area (Å²) in [6, 6.07) is 1.85. The minimum absolute atomic E-state index is 0.340. The molecule has 0 saturated carbocycles. The molecule has 10 heteroatoms. The quantitative estimate of drug-likeness (QED) is 0.200. The highest BCUT2D eigenvalue weighted by Gasteiger charge is 2.19. The predicted octanol–water partition coefficient (Wildman–Crippen LogP) is 3.36.